The van der Waals surface area contributed by atoms with E-state index in [9.17, 15) is 24.4 Å². The molecule has 3 aromatic heterocycles. The second-order valence-electron chi connectivity index (χ2n) is 7.10. The molecule has 15 heteroatoms. The predicted octanol–water partition coefficient (Wildman–Crippen LogP) is 1.81. The van der Waals surface area contributed by atoms with Crippen LogP contribution >= 0.6 is 58.4 Å². The van der Waals surface area contributed by atoms with Gasteiger partial charge >= 0.3 is 0 Å². The van der Waals surface area contributed by atoms with E-state index in [0.29, 0.717) is 20.9 Å². The summed E-state index contributed by atoms with van der Waals surface area (Å²) in [5, 5.41) is 17.1. The monoisotopic (exact) mass is 551 g/mol. The number of β-lactam (4-membered cyclic amide) rings is 1. The van der Waals surface area contributed by atoms with Gasteiger partial charge in [-0.15, -0.1) is 45.8 Å². The van der Waals surface area contributed by atoms with Crippen LogP contribution < -0.4 is 16.5 Å². The number of rotatable bonds is 5. The van der Waals surface area contributed by atoms with E-state index in [1.807, 2.05) is 11.4 Å². The van der Waals surface area contributed by atoms with E-state index in [2.05, 4.69) is 28.1 Å². The van der Waals surface area contributed by atoms with E-state index in [1.54, 1.807) is 0 Å². The summed E-state index contributed by atoms with van der Waals surface area (Å²) in [5.41, 5.74) is 5.76. The number of anilines is 1. The van der Waals surface area contributed by atoms with E-state index in [0.717, 1.165) is 16.0 Å². The standard InChI is InChI=1S/C19H13N5O5S5/c20-19-21-7(5-33-19)11(23-29)15(26)22-12-16(27)24-13(18(28)30)6(4-32-17(12)24)10-3-8(25)14-9(34-10)1-2-31-14/h1-3,5,12,17,29H,4H2,(H2,20,21)(H,22,26)(H,28,30)/t12?,17-/m1/s1. The Kier molecular flexibility index (Phi) is 5.97. The minimum absolute atomic E-state index is 0.0783. The van der Waals surface area contributed by atoms with E-state index < -0.39 is 28.3 Å². The lowest BCUT2D eigenvalue weighted by Crippen LogP contribution is -2.70. The summed E-state index contributed by atoms with van der Waals surface area (Å²) in [6.45, 7) is 0. The number of nitrogens with one attached hydrogen (secondary N) is 1. The summed E-state index contributed by atoms with van der Waals surface area (Å²) in [5.74, 6) is -0.988. The molecular formula is C19H13N5O5S5. The first kappa shape index (κ1) is 23.0. The third-order valence-corrected chi connectivity index (χ3v) is 9.54. The van der Waals surface area contributed by atoms with Crippen LogP contribution in [-0.2, 0) is 14.4 Å². The zero-order valence-electron chi connectivity index (χ0n) is 16.8. The number of thiophene rings is 1. The fraction of sp³-hybridized carbons (Fsp3) is 0.158. The zero-order chi connectivity index (χ0) is 24.1. The molecule has 2 aliphatic heterocycles. The lowest BCUT2D eigenvalue weighted by molar-refractivity contribution is -0.145. The number of fused-ring (bicyclic) bond motifs is 2. The molecular weight excluding hydrogens is 539 g/mol. The smallest absolute Gasteiger partial charge is 0.276 e. The molecule has 2 amide bonds. The Morgan fingerprint density at radius 1 is 1.32 bits per heavy atom. The molecule has 1 saturated heterocycles. The van der Waals surface area contributed by atoms with E-state index in [1.165, 1.54) is 50.8 Å². The molecule has 0 saturated carbocycles. The highest BCUT2D eigenvalue weighted by molar-refractivity contribution is 8.00. The number of thioether (sulfide) groups is 1. The molecule has 174 valence electrons. The predicted molar refractivity (Wildman–Crippen MR) is 137 cm³/mol. The normalized spacial score (nSPS) is 20.3. The summed E-state index contributed by atoms with van der Waals surface area (Å²) < 4.78 is 1.44. The van der Waals surface area contributed by atoms with Crippen molar-refractivity contribution in [2.45, 2.75) is 11.4 Å². The number of hydrogen-bond acceptors (Lipinski definition) is 12. The first-order chi connectivity index (χ1) is 16.3. The van der Waals surface area contributed by atoms with Gasteiger partial charge in [0.25, 0.3) is 11.8 Å². The Morgan fingerprint density at radius 2 is 2.12 bits per heavy atom. The molecule has 2 atom stereocenters. The first-order valence-electron chi connectivity index (χ1n) is 9.47. The van der Waals surface area contributed by atoms with Gasteiger partial charge in [-0.2, -0.15) is 0 Å². The minimum atomic E-state index is -0.951. The molecule has 0 radical (unpaired) electrons. The lowest BCUT2D eigenvalue weighted by atomic mass is 10.0. The molecule has 2 aliphatic rings. The van der Waals surface area contributed by atoms with Crippen molar-refractivity contribution in [2.75, 3.05) is 11.5 Å². The first-order valence-corrected chi connectivity index (χ1v) is 13.5. The summed E-state index contributed by atoms with van der Waals surface area (Å²) >= 11 is 9.11. The van der Waals surface area contributed by atoms with Crippen molar-refractivity contribution in [1.82, 2.24) is 15.2 Å². The van der Waals surface area contributed by atoms with Gasteiger partial charge in [0.15, 0.2) is 16.3 Å². The number of thiol groups is 1. The van der Waals surface area contributed by atoms with E-state index in [4.69, 9.17) is 5.73 Å². The van der Waals surface area contributed by atoms with Crippen molar-refractivity contribution < 1.29 is 19.6 Å². The fourth-order valence-electron chi connectivity index (χ4n) is 3.67. The summed E-state index contributed by atoms with van der Waals surface area (Å²) in [4.78, 5) is 56.4. The molecule has 0 aliphatic carbocycles. The molecule has 5 heterocycles. The van der Waals surface area contributed by atoms with Crippen LogP contribution in [0.1, 0.15) is 10.6 Å². The fourth-order valence-corrected chi connectivity index (χ4v) is 7.99. The maximum absolute atomic E-state index is 13.0. The van der Waals surface area contributed by atoms with E-state index >= 15 is 0 Å². The number of carbonyl (C=O) groups excluding carboxylic acids is 3. The second-order valence-corrected chi connectivity index (χ2v) is 11.5. The number of amides is 2. The van der Waals surface area contributed by atoms with Crippen LogP contribution in [0.5, 0.6) is 0 Å². The number of nitrogens with two attached hydrogens (primary N) is 1. The molecule has 5 rings (SSSR count). The van der Waals surface area contributed by atoms with Crippen molar-refractivity contribution in [3.63, 3.8) is 0 Å². The molecule has 0 aromatic carbocycles. The zero-order valence-corrected chi connectivity index (χ0v) is 20.9. The highest BCUT2D eigenvalue weighted by Gasteiger charge is 2.54. The van der Waals surface area contributed by atoms with Gasteiger partial charge in [-0.25, -0.2) is 4.98 Å². The van der Waals surface area contributed by atoms with Gasteiger partial charge in [0, 0.05) is 32.3 Å². The Labute approximate surface area is 212 Å². The van der Waals surface area contributed by atoms with Gasteiger partial charge in [-0.3, -0.25) is 24.1 Å². The Balaban J connectivity index is 1.44. The third kappa shape index (κ3) is 3.73. The van der Waals surface area contributed by atoms with Crippen LogP contribution in [0.4, 0.5) is 5.13 Å². The van der Waals surface area contributed by atoms with Crippen LogP contribution in [0.25, 0.3) is 15.0 Å². The maximum Gasteiger partial charge on any atom is 0.276 e. The quantitative estimate of drug-likeness (QED) is 0.123. The number of thiazole rings is 1. The molecule has 1 fully saturated rings. The Morgan fingerprint density at radius 3 is 2.79 bits per heavy atom. The molecule has 3 aromatic rings. The van der Waals surface area contributed by atoms with Gasteiger partial charge in [-0.1, -0.05) is 17.8 Å². The number of hydrogen-bond donors (Lipinski definition) is 4. The van der Waals surface area contributed by atoms with Gasteiger partial charge in [0.1, 0.15) is 22.8 Å². The van der Waals surface area contributed by atoms with Crippen molar-refractivity contribution >= 4 is 101 Å². The summed E-state index contributed by atoms with van der Waals surface area (Å²) in [6.07, 6.45) is 0. The minimum Gasteiger partial charge on any atom is -0.410 e. The molecule has 1 unspecified atom stereocenters. The van der Waals surface area contributed by atoms with Crippen molar-refractivity contribution in [2.24, 2.45) is 5.16 Å². The van der Waals surface area contributed by atoms with Gasteiger partial charge in [0.2, 0.25) is 5.12 Å². The highest BCUT2D eigenvalue weighted by atomic mass is 32.2. The largest absolute Gasteiger partial charge is 0.410 e. The molecule has 10 nitrogen and oxygen atoms in total. The number of nitrogen functional groups attached to an aromatic ring is 1. The lowest BCUT2D eigenvalue weighted by Gasteiger charge is -2.49. The molecule has 34 heavy (non-hydrogen) atoms. The van der Waals surface area contributed by atoms with Gasteiger partial charge in [-0.05, 0) is 11.4 Å². The van der Waals surface area contributed by atoms with Crippen LogP contribution in [-0.4, -0.2) is 54.9 Å². The van der Waals surface area contributed by atoms with Crippen LogP contribution in [0, 0.1) is 0 Å². The van der Waals surface area contributed by atoms with E-state index in [-0.39, 0.29) is 27.7 Å². The highest BCUT2D eigenvalue weighted by Crippen LogP contribution is 2.45. The Hall–Kier alpha value is -2.72. The number of carbonyl (C=O) groups is 3. The average Bonchev–Trinajstić information content (AvgIpc) is 3.46. The maximum atomic E-state index is 13.0. The van der Waals surface area contributed by atoms with Crippen molar-refractivity contribution in [3.05, 3.63) is 49.4 Å². The van der Waals surface area contributed by atoms with Crippen molar-refractivity contribution in [3.8, 4) is 0 Å². The average molecular weight is 552 g/mol. The van der Waals surface area contributed by atoms with Crippen LogP contribution in [0.15, 0.2) is 38.5 Å². The third-order valence-electron chi connectivity index (χ3n) is 5.17. The van der Waals surface area contributed by atoms with Crippen LogP contribution in [0.2, 0.25) is 0 Å². The Bertz CT molecular complexity index is 1490. The molecule has 0 spiro atoms. The molecule has 4 N–H and O–H groups in total. The summed E-state index contributed by atoms with van der Waals surface area (Å²) in [7, 11) is 0. The van der Waals surface area contributed by atoms with Gasteiger partial charge in [0.05, 0.1) is 4.70 Å². The number of oxime groups is 1. The molecule has 0 bridgehead atoms. The number of nitrogens with zero attached hydrogens (tertiary/aromatic N) is 3. The topological polar surface area (TPSA) is 155 Å². The van der Waals surface area contributed by atoms with Crippen molar-refractivity contribution in [1.29, 1.82) is 0 Å². The number of aromatic nitrogens is 1. The van der Waals surface area contributed by atoms with Crippen LogP contribution in [0.3, 0.4) is 0 Å². The second kappa shape index (κ2) is 8.81. The van der Waals surface area contributed by atoms with Gasteiger partial charge < -0.3 is 16.3 Å². The summed E-state index contributed by atoms with van der Waals surface area (Å²) in [6, 6.07) is 2.37. The SMILES string of the molecule is Nc1nc(C(=NO)C(=O)NC2C(=O)N3C(C(=O)S)=C(c4cc(=O)c5sccc5s4)CS[C@H]23)cs1.